The summed E-state index contributed by atoms with van der Waals surface area (Å²) in [5, 5.41) is 9.32. The summed E-state index contributed by atoms with van der Waals surface area (Å²) in [7, 11) is 0. The Bertz CT molecular complexity index is 407. The summed E-state index contributed by atoms with van der Waals surface area (Å²) < 4.78 is 28.4. The molecule has 0 unspecified atom stereocenters. The van der Waals surface area contributed by atoms with Crippen molar-refractivity contribution in [2.24, 2.45) is 0 Å². The molecule has 0 saturated heterocycles. The Balaban J connectivity index is 3.28. The van der Waals surface area contributed by atoms with Crippen LogP contribution in [0.3, 0.4) is 0 Å². The predicted octanol–water partition coefficient (Wildman–Crippen LogP) is 3.19. The molecule has 0 heterocycles. The fraction of sp³-hybridized carbons (Fsp3) is 0.300. The van der Waals surface area contributed by atoms with Crippen molar-refractivity contribution >= 4 is 21.9 Å². The normalized spacial score (nSPS) is 10.6. The Morgan fingerprint density at radius 2 is 2.19 bits per heavy atom. The van der Waals surface area contributed by atoms with Crippen LogP contribution in [0.5, 0.6) is 5.75 Å². The number of carboxylic acids is 1. The first kappa shape index (κ1) is 12.9. The Morgan fingerprint density at radius 1 is 1.56 bits per heavy atom. The largest absolute Gasteiger partial charge is 0.478 e. The summed E-state index contributed by atoms with van der Waals surface area (Å²) in [4.78, 5) is 10.9. The number of carbonyl (C=O) groups is 1. The number of carboxylic acid groups (broad SMARTS) is 1. The molecule has 1 N–H and O–H groups in total. The maximum atomic E-state index is 12.1. The van der Waals surface area contributed by atoms with Crippen molar-refractivity contribution in [1.82, 2.24) is 0 Å². The molecule has 16 heavy (non-hydrogen) atoms. The van der Waals surface area contributed by atoms with Gasteiger partial charge in [0.2, 0.25) is 0 Å². The number of halogens is 3. The Morgan fingerprint density at radius 3 is 2.62 bits per heavy atom. The Labute approximate surface area is 99.2 Å². The summed E-state index contributed by atoms with van der Waals surface area (Å²) >= 11 is 3.16. The molecule has 1 rings (SSSR count). The van der Waals surface area contributed by atoms with E-state index in [2.05, 4.69) is 20.7 Å². The lowest BCUT2D eigenvalue weighted by Crippen LogP contribution is -2.09. The number of aromatic carboxylic acids is 1. The zero-order valence-corrected chi connectivity index (χ0v) is 9.92. The zero-order valence-electron chi connectivity index (χ0n) is 8.34. The van der Waals surface area contributed by atoms with Gasteiger partial charge in [-0.1, -0.05) is 22.0 Å². The molecule has 6 heteroatoms. The molecule has 0 aliphatic carbocycles. The lowest BCUT2D eigenvalue weighted by molar-refractivity contribution is -0.0503. The summed E-state index contributed by atoms with van der Waals surface area (Å²) in [6.45, 7) is -1.50. The molecule has 0 spiro atoms. The van der Waals surface area contributed by atoms with Crippen LogP contribution in [0.2, 0.25) is 0 Å². The predicted molar refractivity (Wildman–Crippen MR) is 57.4 cm³/mol. The van der Waals surface area contributed by atoms with E-state index in [0.717, 1.165) is 0 Å². The maximum Gasteiger partial charge on any atom is 0.387 e. The standard InChI is InChI=1S/C10H9BrF2O3/c1-5-2-6(4-11)3-7(16-10(12)13)8(5)9(14)15/h2-3,10H,4H2,1H3,(H,14,15). The highest BCUT2D eigenvalue weighted by Gasteiger charge is 2.18. The zero-order chi connectivity index (χ0) is 12.3. The van der Waals surface area contributed by atoms with E-state index < -0.39 is 12.6 Å². The van der Waals surface area contributed by atoms with Crippen LogP contribution in [-0.2, 0) is 5.33 Å². The third-order valence-electron chi connectivity index (χ3n) is 1.94. The van der Waals surface area contributed by atoms with Crippen LogP contribution in [-0.4, -0.2) is 17.7 Å². The van der Waals surface area contributed by atoms with Gasteiger partial charge in [0.1, 0.15) is 11.3 Å². The number of benzene rings is 1. The second-order valence-corrected chi connectivity index (χ2v) is 3.66. The van der Waals surface area contributed by atoms with E-state index in [1.807, 2.05) is 0 Å². The molecule has 1 aromatic carbocycles. The molecular formula is C10H9BrF2O3. The second-order valence-electron chi connectivity index (χ2n) is 3.10. The second kappa shape index (κ2) is 5.25. The van der Waals surface area contributed by atoms with Gasteiger partial charge in [0, 0.05) is 5.33 Å². The third-order valence-corrected chi connectivity index (χ3v) is 2.59. The minimum absolute atomic E-state index is 0.231. The number of rotatable bonds is 4. The highest BCUT2D eigenvalue weighted by Crippen LogP contribution is 2.27. The number of hydrogen-bond donors (Lipinski definition) is 1. The minimum atomic E-state index is -3.04. The maximum absolute atomic E-state index is 12.1. The van der Waals surface area contributed by atoms with Gasteiger partial charge in [-0.15, -0.1) is 0 Å². The van der Waals surface area contributed by atoms with Gasteiger partial charge in [-0.05, 0) is 24.1 Å². The van der Waals surface area contributed by atoms with Crippen molar-refractivity contribution in [2.45, 2.75) is 18.9 Å². The van der Waals surface area contributed by atoms with Crippen LogP contribution in [0.15, 0.2) is 12.1 Å². The van der Waals surface area contributed by atoms with Gasteiger partial charge in [0.05, 0.1) is 0 Å². The van der Waals surface area contributed by atoms with Gasteiger partial charge in [-0.2, -0.15) is 8.78 Å². The Kier molecular flexibility index (Phi) is 4.23. The van der Waals surface area contributed by atoms with Crippen molar-refractivity contribution in [2.75, 3.05) is 0 Å². The first-order valence-corrected chi connectivity index (χ1v) is 5.45. The first-order valence-electron chi connectivity index (χ1n) is 4.33. The smallest absolute Gasteiger partial charge is 0.387 e. The van der Waals surface area contributed by atoms with Gasteiger partial charge in [0.25, 0.3) is 0 Å². The van der Waals surface area contributed by atoms with Crippen molar-refractivity contribution in [1.29, 1.82) is 0 Å². The molecule has 0 aliphatic heterocycles. The van der Waals surface area contributed by atoms with E-state index in [9.17, 15) is 13.6 Å². The molecule has 0 aromatic heterocycles. The molecule has 0 radical (unpaired) electrons. The van der Waals surface area contributed by atoms with E-state index in [0.29, 0.717) is 16.5 Å². The van der Waals surface area contributed by atoms with E-state index in [-0.39, 0.29) is 11.3 Å². The summed E-state index contributed by atoms with van der Waals surface area (Å²) in [6.07, 6.45) is 0. The van der Waals surface area contributed by atoms with Crippen molar-refractivity contribution in [3.8, 4) is 5.75 Å². The highest BCUT2D eigenvalue weighted by molar-refractivity contribution is 9.08. The molecule has 0 fully saturated rings. The molecule has 3 nitrogen and oxygen atoms in total. The molecule has 1 aromatic rings. The van der Waals surface area contributed by atoms with Gasteiger partial charge in [-0.3, -0.25) is 0 Å². The highest BCUT2D eigenvalue weighted by atomic mass is 79.9. The van der Waals surface area contributed by atoms with Crippen LogP contribution >= 0.6 is 15.9 Å². The number of hydrogen-bond acceptors (Lipinski definition) is 2. The molecule has 0 amide bonds. The lowest BCUT2D eigenvalue weighted by atomic mass is 10.0. The van der Waals surface area contributed by atoms with Crippen LogP contribution in [0.1, 0.15) is 21.5 Å². The van der Waals surface area contributed by atoms with Gasteiger partial charge >= 0.3 is 12.6 Å². The molecule has 0 aliphatic rings. The van der Waals surface area contributed by atoms with Crippen LogP contribution in [0, 0.1) is 6.92 Å². The van der Waals surface area contributed by atoms with Crippen LogP contribution in [0.4, 0.5) is 8.78 Å². The average molecular weight is 295 g/mol. The van der Waals surface area contributed by atoms with E-state index in [1.54, 1.807) is 6.07 Å². The van der Waals surface area contributed by atoms with E-state index in [1.165, 1.54) is 13.0 Å². The van der Waals surface area contributed by atoms with Crippen molar-refractivity contribution in [3.05, 3.63) is 28.8 Å². The van der Waals surface area contributed by atoms with Gasteiger partial charge in [0.15, 0.2) is 0 Å². The van der Waals surface area contributed by atoms with Crippen LogP contribution < -0.4 is 4.74 Å². The van der Waals surface area contributed by atoms with Gasteiger partial charge in [-0.25, -0.2) is 4.79 Å². The van der Waals surface area contributed by atoms with Crippen molar-refractivity contribution < 1.29 is 23.4 Å². The number of ether oxygens (including phenoxy) is 1. The fourth-order valence-corrected chi connectivity index (χ4v) is 1.69. The quantitative estimate of drug-likeness (QED) is 0.868. The minimum Gasteiger partial charge on any atom is -0.478 e. The number of alkyl halides is 3. The number of aryl methyl sites for hydroxylation is 1. The summed E-state index contributed by atoms with van der Waals surface area (Å²) in [6, 6.07) is 2.90. The molecular weight excluding hydrogens is 286 g/mol. The molecule has 0 saturated carbocycles. The summed E-state index contributed by atoms with van der Waals surface area (Å²) in [5.74, 6) is -1.59. The monoisotopic (exact) mass is 294 g/mol. The molecule has 88 valence electrons. The lowest BCUT2D eigenvalue weighted by Gasteiger charge is -2.11. The van der Waals surface area contributed by atoms with Crippen LogP contribution in [0.25, 0.3) is 0 Å². The summed E-state index contributed by atoms with van der Waals surface area (Å²) in [5.41, 5.74) is 0.836. The third kappa shape index (κ3) is 2.91. The average Bonchev–Trinajstić information content (AvgIpc) is 2.14. The SMILES string of the molecule is Cc1cc(CBr)cc(OC(F)F)c1C(=O)O. The van der Waals surface area contributed by atoms with E-state index in [4.69, 9.17) is 5.11 Å². The first-order chi connectivity index (χ1) is 7.45. The fourth-order valence-electron chi connectivity index (χ4n) is 1.37. The van der Waals surface area contributed by atoms with E-state index >= 15 is 0 Å². The molecule has 0 atom stereocenters. The Hall–Kier alpha value is -1.17. The van der Waals surface area contributed by atoms with Crippen molar-refractivity contribution in [3.63, 3.8) is 0 Å². The van der Waals surface area contributed by atoms with Gasteiger partial charge < -0.3 is 9.84 Å². The topological polar surface area (TPSA) is 46.5 Å². The molecule has 0 bridgehead atoms.